The molecule has 0 fully saturated rings. The van der Waals surface area contributed by atoms with Gasteiger partial charge in [-0.15, -0.1) is 0 Å². The molecule has 0 bridgehead atoms. The first-order valence-electron chi connectivity index (χ1n) is 6.34. The quantitative estimate of drug-likeness (QED) is 0.716. The summed E-state index contributed by atoms with van der Waals surface area (Å²) < 4.78 is 25.8. The lowest BCUT2D eigenvalue weighted by atomic mass is 10.1. The summed E-state index contributed by atoms with van der Waals surface area (Å²) >= 11 is 6.96. The molecule has 0 aliphatic rings. The first kappa shape index (κ1) is 16.0. The molecule has 3 rings (SSSR count). The Kier molecular flexibility index (Phi) is 4.38. The van der Waals surface area contributed by atoms with Crippen LogP contribution in [-0.4, -0.2) is 25.4 Å². The lowest BCUT2D eigenvalue weighted by Crippen LogP contribution is -1.97. The Morgan fingerprint density at radius 1 is 1.30 bits per heavy atom. The fraction of sp³-hybridized carbons (Fsp3) is 0.0714. The predicted octanol–water partition coefficient (Wildman–Crippen LogP) is 3.38. The summed E-state index contributed by atoms with van der Waals surface area (Å²) in [5.74, 6) is -0.502. The van der Waals surface area contributed by atoms with Crippen molar-refractivity contribution in [3.8, 4) is 21.8 Å². The molecule has 0 spiro atoms. The Morgan fingerprint density at radius 2 is 2.09 bits per heavy atom. The topological polar surface area (TPSA) is 81.8 Å². The molecule has 2 heterocycles. The number of nitrogen functional groups attached to an aromatic ring is 1. The number of benzene rings is 1. The maximum atomic E-state index is 14.2. The minimum atomic E-state index is -1.33. The SMILES string of the molecule is CS(=O)c1nccc(-c2sc(N)nc2-c2ccc(Cl)cc2F)n1. The van der Waals surface area contributed by atoms with Crippen LogP contribution in [-0.2, 0) is 10.8 Å². The molecule has 2 aromatic heterocycles. The van der Waals surface area contributed by atoms with Crippen molar-refractivity contribution in [2.24, 2.45) is 0 Å². The number of hydrogen-bond donors (Lipinski definition) is 1. The van der Waals surface area contributed by atoms with Crippen LogP contribution in [0.3, 0.4) is 0 Å². The maximum absolute atomic E-state index is 14.2. The summed E-state index contributed by atoms with van der Waals surface area (Å²) in [4.78, 5) is 13.0. The summed E-state index contributed by atoms with van der Waals surface area (Å²) in [6.45, 7) is 0. The van der Waals surface area contributed by atoms with E-state index in [1.807, 2.05) is 0 Å². The van der Waals surface area contributed by atoms with Gasteiger partial charge in [-0.3, -0.25) is 4.21 Å². The Hall–Kier alpha value is -1.90. The molecule has 0 saturated heterocycles. The van der Waals surface area contributed by atoms with Crippen molar-refractivity contribution in [1.29, 1.82) is 0 Å². The minimum absolute atomic E-state index is 0.192. The van der Waals surface area contributed by atoms with Gasteiger partial charge in [-0.2, -0.15) is 0 Å². The second kappa shape index (κ2) is 6.31. The van der Waals surface area contributed by atoms with Crippen molar-refractivity contribution in [1.82, 2.24) is 15.0 Å². The summed E-state index contributed by atoms with van der Waals surface area (Å²) in [5.41, 5.74) is 6.92. The summed E-state index contributed by atoms with van der Waals surface area (Å²) in [5, 5.41) is 0.765. The highest BCUT2D eigenvalue weighted by Gasteiger charge is 2.19. The van der Waals surface area contributed by atoms with E-state index in [2.05, 4.69) is 15.0 Å². The van der Waals surface area contributed by atoms with Crippen LogP contribution in [0.5, 0.6) is 0 Å². The molecule has 23 heavy (non-hydrogen) atoms. The fourth-order valence-electron chi connectivity index (χ4n) is 1.98. The van der Waals surface area contributed by atoms with Gasteiger partial charge in [0.25, 0.3) is 0 Å². The monoisotopic (exact) mass is 368 g/mol. The van der Waals surface area contributed by atoms with Crippen LogP contribution in [0.15, 0.2) is 35.6 Å². The van der Waals surface area contributed by atoms with Gasteiger partial charge in [0.1, 0.15) is 5.82 Å². The van der Waals surface area contributed by atoms with E-state index in [4.69, 9.17) is 17.3 Å². The number of halogens is 2. The normalized spacial score (nSPS) is 12.3. The van der Waals surface area contributed by atoms with Crippen molar-refractivity contribution in [3.05, 3.63) is 41.3 Å². The van der Waals surface area contributed by atoms with Gasteiger partial charge in [0.2, 0.25) is 5.16 Å². The molecular formula is C14H10ClFN4OS2. The van der Waals surface area contributed by atoms with Crippen molar-refractivity contribution >= 4 is 38.9 Å². The van der Waals surface area contributed by atoms with E-state index in [9.17, 15) is 8.60 Å². The minimum Gasteiger partial charge on any atom is -0.375 e. The Morgan fingerprint density at radius 3 is 2.78 bits per heavy atom. The van der Waals surface area contributed by atoms with E-state index >= 15 is 0 Å². The van der Waals surface area contributed by atoms with Crippen molar-refractivity contribution in [2.45, 2.75) is 5.16 Å². The Balaban J connectivity index is 2.18. The van der Waals surface area contributed by atoms with Gasteiger partial charge in [-0.25, -0.2) is 19.3 Å². The van der Waals surface area contributed by atoms with E-state index in [0.29, 0.717) is 21.3 Å². The molecule has 0 saturated carbocycles. The zero-order chi connectivity index (χ0) is 16.6. The highest BCUT2D eigenvalue weighted by atomic mass is 35.5. The molecule has 0 radical (unpaired) electrons. The van der Waals surface area contributed by atoms with Crippen LogP contribution in [0.25, 0.3) is 21.8 Å². The fourth-order valence-corrected chi connectivity index (χ4v) is 3.39. The average Bonchev–Trinajstić information content (AvgIpc) is 2.89. The number of anilines is 1. The molecule has 0 amide bonds. The van der Waals surface area contributed by atoms with Gasteiger partial charge < -0.3 is 5.73 Å². The van der Waals surface area contributed by atoms with Gasteiger partial charge in [-0.1, -0.05) is 22.9 Å². The lowest BCUT2D eigenvalue weighted by molar-refractivity contribution is 0.631. The third kappa shape index (κ3) is 3.24. The average molecular weight is 369 g/mol. The maximum Gasteiger partial charge on any atom is 0.218 e. The Labute approximate surface area is 142 Å². The number of thiazole rings is 1. The molecule has 9 heteroatoms. The number of nitrogens with two attached hydrogens (primary N) is 1. The molecule has 2 N–H and O–H groups in total. The van der Waals surface area contributed by atoms with E-state index in [-0.39, 0.29) is 15.9 Å². The second-order valence-corrected chi connectivity index (χ2v) is 7.27. The molecule has 0 aliphatic heterocycles. The molecule has 0 aliphatic carbocycles. The largest absolute Gasteiger partial charge is 0.375 e. The van der Waals surface area contributed by atoms with Crippen LogP contribution in [0.1, 0.15) is 0 Å². The smallest absolute Gasteiger partial charge is 0.218 e. The molecular weight excluding hydrogens is 359 g/mol. The number of aromatic nitrogens is 3. The van der Waals surface area contributed by atoms with Crippen LogP contribution in [0.4, 0.5) is 9.52 Å². The second-order valence-electron chi connectivity index (χ2n) is 4.53. The van der Waals surface area contributed by atoms with Gasteiger partial charge in [0, 0.05) is 23.0 Å². The molecule has 1 unspecified atom stereocenters. The standard InChI is InChI=1S/C14H10ClFN4OS2/c1-23(21)14-18-5-4-10(19-14)12-11(20-13(17)22-12)8-3-2-7(15)6-9(8)16/h2-6H,1H3,(H2,17,20). The third-order valence-electron chi connectivity index (χ3n) is 2.95. The number of rotatable bonds is 3. The predicted molar refractivity (Wildman–Crippen MR) is 90.3 cm³/mol. The first-order valence-corrected chi connectivity index (χ1v) is 9.09. The van der Waals surface area contributed by atoms with Gasteiger partial charge >= 0.3 is 0 Å². The first-order chi connectivity index (χ1) is 11.0. The van der Waals surface area contributed by atoms with E-state index in [0.717, 1.165) is 0 Å². The summed E-state index contributed by atoms with van der Waals surface area (Å²) in [6, 6.07) is 5.96. The van der Waals surface area contributed by atoms with Gasteiger partial charge in [-0.05, 0) is 24.3 Å². The van der Waals surface area contributed by atoms with E-state index in [1.54, 1.807) is 12.1 Å². The highest BCUT2D eigenvalue weighted by molar-refractivity contribution is 7.84. The highest BCUT2D eigenvalue weighted by Crippen LogP contribution is 2.38. The molecule has 1 aromatic carbocycles. The van der Waals surface area contributed by atoms with Crippen molar-refractivity contribution < 1.29 is 8.60 Å². The van der Waals surface area contributed by atoms with Crippen molar-refractivity contribution in [2.75, 3.05) is 12.0 Å². The Bertz CT molecular complexity index is 916. The molecule has 3 aromatic rings. The van der Waals surface area contributed by atoms with Gasteiger partial charge in [0.05, 0.1) is 27.1 Å². The summed E-state index contributed by atoms with van der Waals surface area (Å²) in [6.07, 6.45) is 2.98. The summed E-state index contributed by atoms with van der Waals surface area (Å²) in [7, 11) is -1.33. The molecule has 5 nitrogen and oxygen atoms in total. The zero-order valence-corrected chi connectivity index (χ0v) is 14.2. The van der Waals surface area contributed by atoms with Gasteiger partial charge in [0.15, 0.2) is 5.13 Å². The van der Waals surface area contributed by atoms with Crippen LogP contribution in [0.2, 0.25) is 5.02 Å². The van der Waals surface area contributed by atoms with Crippen LogP contribution >= 0.6 is 22.9 Å². The number of nitrogens with zero attached hydrogens (tertiary/aromatic N) is 3. The van der Waals surface area contributed by atoms with Crippen molar-refractivity contribution in [3.63, 3.8) is 0 Å². The van der Waals surface area contributed by atoms with Crippen LogP contribution < -0.4 is 5.73 Å². The lowest BCUT2D eigenvalue weighted by Gasteiger charge is -2.05. The number of hydrogen-bond acceptors (Lipinski definition) is 6. The third-order valence-corrected chi connectivity index (χ3v) is 4.81. The van der Waals surface area contributed by atoms with Crippen LogP contribution in [0, 0.1) is 5.82 Å². The van der Waals surface area contributed by atoms with E-state index in [1.165, 1.54) is 35.9 Å². The molecule has 1 atom stereocenters. The van der Waals surface area contributed by atoms with E-state index < -0.39 is 16.6 Å². The molecule has 118 valence electrons. The zero-order valence-electron chi connectivity index (χ0n) is 11.8.